The minimum Gasteiger partial charge on any atom is -0.494 e. The lowest BCUT2D eigenvalue weighted by atomic mass is 10.2. The fourth-order valence-electron chi connectivity index (χ4n) is 2.18. The van der Waals surface area contributed by atoms with E-state index in [-0.39, 0.29) is 0 Å². The third-order valence-electron chi connectivity index (χ3n) is 3.24. The SMILES string of the molecule is COc1cccc2c1nnn2-c1ccc(CNS(=O)O)cc1. The molecule has 0 bridgehead atoms. The number of benzene rings is 2. The summed E-state index contributed by atoms with van der Waals surface area (Å²) in [5.74, 6) is 0.676. The molecule has 1 aromatic heterocycles. The van der Waals surface area contributed by atoms with Gasteiger partial charge in [0.1, 0.15) is 5.75 Å². The first-order chi connectivity index (χ1) is 10.7. The fourth-order valence-corrected chi connectivity index (χ4v) is 2.47. The molecule has 2 N–H and O–H groups in total. The second-order valence-corrected chi connectivity index (χ2v) is 5.35. The Morgan fingerprint density at radius 3 is 2.73 bits per heavy atom. The molecule has 22 heavy (non-hydrogen) atoms. The number of fused-ring (bicyclic) bond motifs is 1. The van der Waals surface area contributed by atoms with Crippen molar-refractivity contribution in [3.8, 4) is 11.4 Å². The lowest BCUT2D eigenvalue weighted by Gasteiger charge is -2.05. The van der Waals surface area contributed by atoms with Crippen LogP contribution in [0.25, 0.3) is 16.7 Å². The average molecular weight is 318 g/mol. The van der Waals surface area contributed by atoms with Gasteiger partial charge in [0.25, 0.3) is 0 Å². The van der Waals surface area contributed by atoms with Crippen molar-refractivity contribution in [2.24, 2.45) is 0 Å². The monoisotopic (exact) mass is 318 g/mol. The number of methoxy groups -OCH3 is 1. The smallest absolute Gasteiger partial charge is 0.232 e. The normalized spacial score (nSPS) is 12.5. The fraction of sp³-hybridized carbons (Fsp3) is 0.143. The van der Waals surface area contributed by atoms with E-state index < -0.39 is 11.3 Å². The van der Waals surface area contributed by atoms with Crippen LogP contribution >= 0.6 is 0 Å². The highest BCUT2D eigenvalue weighted by Gasteiger charge is 2.10. The molecule has 3 aromatic rings. The molecule has 0 fully saturated rings. The quantitative estimate of drug-likeness (QED) is 0.698. The zero-order valence-electron chi connectivity index (χ0n) is 11.8. The molecule has 0 saturated carbocycles. The van der Waals surface area contributed by atoms with E-state index in [1.165, 1.54) is 0 Å². The third kappa shape index (κ3) is 2.84. The summed E-state index contributed by atoms with van der Waals surface area (Å²) in [6.45, 7) is 0.315. The Kier molecular flexibility index (Phi) is 4.14. The van der Waals surface area contributed by atoms with E-state index in [1.807, 2.05) is 42.5 Å². The summed E-state index contributed by atoms with van der Waals surface area (Å²) in [7, 11) is 1.60. The van der Waals surface area contributed by atoms with Crippen molar-refractivity contribution in [2.75, 3.05) is 7.11 Å². The number of aromatic nitrogens is 3. The van der Waals surface area contributed by atoms with Crippen molar-refractivity contribution in [2.45, 2.75) is 6.54 Å². The van der Waals surface area contributed by atoms with E-state index >= 15 is 0 Å². The maximum absolute atomic E-state index is 10.6. The molecule has 8 heteroatoms. The predicted octanol–water partition coefficient (Wildman–Crippen LogP) is 1.66. The molecule has 7 nitrogen and oxygen atoms in total. The van der Waals surface area contributed by atoms with Gasteiger partial charge in [0.05, 0.1) is 18.3 Å². The molecule has 1 heterocycles. The lowest BCUT2D eigenvalue weighted by molar-refractivity contribution is 0.419. The van der Waals surface area contributed by atoms with Crippen molar-refractivity contribution in [3.05, 3.63) is 48.0 Å². The molecule has 3 rings (SSSR count). The molecule has 114 valence electrons. The van der Waals surface area contributed by atoms with E-state index in [1.54, 1.807) is 11.8 Å². The van der Waals surface area contributed by atoms with Gasteiger partial charge in [0.2, 0.25) is 11.3 Å². The predicted molar refractivity (Wildman–Crippen MR) is 83.0 cm³/mol. The Labute approximate surface area is 129 Å². The summed E-state index contributed by atoms with van der Waals surface area (Å²) >= 11 is -2.01. The number of nitrogens with one attached hydrogen (secondary N) is 1. The molecule has 0 aliphatic heterocycles. The van der Waals surface area contributed by atoms with Crippen LogP contribution in [-0.4, -0.2) is 30.9 Å². The largest absolute Gasteiger partial charge is 0.494 e. The summed E-state index contributed by atoms with van der Waals surface area (Å²) in [5, 5.41) is 8.31. The molecule has 0 radical (unpaired) electrons. The van der Waals surface area contributed by atoms with E-state index in [9.17, 15) is 4.21 Å². The standard InChI is InChI=1S/C14H14N4O3S/c1-21-13-4-2-3-12-14(13)16-17-18(12)11-7-5-10(6-8-11)9-15-22(19)20/h2-8,15H,9H2,1H3,(H,19,20). The molecular weight excluding hydrogens is 304 g/mol. The molecule has 0 spiro atoms. The third-order valence-corrected chi connectivity index (χ3v) is 3.63. The minimum absolute atomic E-state index is 0.315. The second kappa shape index (κ2) is 6.22. The summed E-state index contributed by atoms with van der Waals surface area (Å²) in [6, 6.07) is 13.1. The van der Waals surface area contributed by atoms with Crippen LogP contribution in [0.2, 0.25) is 0 Å². The zero-order chi connectivity index (χ0) is 15.5. The van der Waals surface area contributed by atoms with Gasteiger partial charge in [-0.2, -0.15) is 0 Å². The molecule has 0 amide bonds. The first kappa shape index (κ1) is 14.6. The van der Waals surface area contributed by atoms with Crippen LogP contribution in [0.1, 0.15) is 5.56 Å². The summed E-state index contributed by atoms with van der Waals surface area (Å²) in [6.07, 6.45) is 0. The van der Waals surface area contributed by atoms with Crippen LogP contribution < -0.4 is 9.46 Å². The first-order valence-electron chi connectivity index (χ1n) is 6.51. The number of hydrogen-bond acceptors (Lipinski definition) is 4. The lowest BCUT2D eigenvalue weighted by Crippen LogP contribution is -2.15. The Morgan fingerprint density at radius 2 is 2.05 bits per heavy atom. The summed E-state index contributed by atoms with van der Waals surface area (Å²) in [4.78, 5) is 0. The van der Waals surface area contributed by atoms with Gasteiger partial charge in [-0.25, -0.2) is 13.6 Å². The number of ether oxygens (including phenoxy) is 1. The van der Waals surface area contributed by atoms with Gasteiger partial charge in [0.15, 0.2) is 5.52 Å². The Bertz CT molecular complexity index is 817. The molecule has 1 atom stereocenters. The highest BCUT2D eigenvalue weighted by atomic mass is 32.2. The van der Waals surface area contributed by atoms with Crippen LogP contribution in [0.4, 0.5) is 0 Å². The second-order valence-electron chi connectivity index (χ2n) is 4.57. The van der Waals surface area contributed by atoms with Gasteiger partial charge in [-0.1, -0.05) is 23.4 Å². The van der Waals surface area contributed by atoms with Crippen molar-refractivity contribution in [1.29, 1.82) is 0 Å². The summed E-state index contributed by atoms with van der Waals surface area (Å²) in [5.41, 5.74) is 3.30. The van der Waals surface area contributed by atoms with Gasteiger partial charge in [-0.15, -0.1) is 5.10 Å². The number of nitrogens with zero attached hydrogens (tertiary/aromatic N) is 3. The van der Waals surface area contributed by atoms with E-state index in [0.717, 1.165) is 16.8 Å². The first-order valence-corrected chi connectivity index (χ1v) is 7.62. The Morgan fingerprint density at radius 1 is 1.27 bits per heavy atom. The van der Waals surface area contributed by atoms with E-state index in [0.29, 0.717) is 17.8 Å². The summed E-state index contributed by atoms with van der Waals surface area (Å²) < 4.78 is 28.7. The zero-order valence-corrected chi connectivity index (χ0v) is 12.6. The Hall–Kier alpha value is -2.29. The molecule has 1 unspecified atom stereocenters. The van der Waals surface area contributed by atoms with Gasteiger partial charge in [-0.05, 0) is 29.8 Å². The topological polar surface area (TPSA) is 89.3 Å². The van der Waals surface area contributed by atoms with Crippen molar-refractivity contribution in [3.63, 3.8) is 0 Å². The van der Waals surface area contributed by atoms with E-state index in [4.69, 9.17) is 9.29 Å². The molecule has 2 aromatic carbocycles. The van der Waals surface area contributed by atoms with Gasteiger partial charge < -0.3 is 4.74 Å². The van der Waals surface area contributed by atoms with Crippen molar-refractivity contribution in [1.82, 2.24) is 19.7 Å². The van der Waals surface area contributed by atoms with Gasteiger partial charge >= 0.3 is 0 Å². The molecule has 0 aliphatic carbocycles. The molecular formula is C14H14N4O3S. The maximum atomic E-state index is 10.6. The van der Waals surface area contributed by atoms with Crippen LogP contribution in [-0.2, 0) is 17.8 Å². The highest BCUT2D eigenvalue weighted by molar-refractivity contribution is 7.77. The highest BCUT2D eigenvalue weighted by Crippen LogP contribution is 2.24. The number of hydrogen-bond donors (Lipinski definition) is 2. The van der Waals surface area contributed by atoms with Crippen molar-refractivity contribution < 1.29 is 13.5 Å². The maximum Gasteiger partial charge on any atom is 0.232 e. The van der Waals surface area contributed by atoms with Crippen LogP contribution in [0.15, 0.2) is 42.5 Å². The van der Waals surface area contributed by atoms with Crippen molar-refractivity contribution >= 4 is 22.3 Å². The van der Waals surface area contributed by atoms with Crippen LogP contribution in [0.3, 0.4) is 0 Å². The van der Waals surface area contributed by atoms with Gasteiger partial charge in [-0.3, -0.25) is 4.55 Å². The number of rotatable bonds is 5. The Balaban J connectivity index is 1.93. The van der Waals surface area contributed by atoms with Crippen LogP contribution in [0.5, 0.6) is 5.75 Å². The molecule has 0 aliphatic rings. The van der Waals surface area contributed by atoms with Gasteiger partial charge in [0, 0.05) is 6.54 Å². The molecule has 0 saturated heterocycles. The van der Waals surface area contributed by atoms with Crippen LogP contribution in [0, 0.1) is 0 Å². The minimum atomic E-state index is -2.01. The average Bonchev–Trinajstić information content (AvgIpc) is 2.97. The van der Waals surface area contributed by atoms with E-state index in [2.05, 4.69) is 15.0 Å².